The summed E-state index contributed by atoms with van der Waals surface area (Å²) in [5.41, 5.74) is 0.355. The normalized spacial score (nSPS) is 11.2. The lowest BCUT2D eigenvalue weighted by Gasteiger charge is -2.07. The molecule has 0 atom stereocenters. The lowest BCUT2D eigenvalue weighted by atomic mass is 10.2. The van der Waals surface area contributed by atoms with Crippen molar-refractivity contribution in [3.63, 3.8) is 0 Å². The molecule has 1 heterocycles. The smallest absolute Gasteiger partial charge is 0.291 e. The number of amides is 1. The molecule has 0 aliphatic rings. The molecule has 8 nitrogen and oxygen atoms in total. The predicted molar refractivity (Wildman–Crippen MR) is 96.3 cm³/mol. The minimum Gasteiger partial charge on any atom is -0.490 e. The van der Waals surface area contributed by atoms with Gasteiger partial charge in [0.1, 0.15) is 12.4 Å². The summed E-state index contributed by atoms with van der Waals surface area (Å²) in [4.78, 5) is 11.6. The van der Waals surface area contributed by atoms with Crippen LogP contribution in [0.3, 0.4) is 0 Å². The molecule has 0 spiro atoms. The van der Waals surface area contributed by atoms with E-state index in [1.807, 2.05) is 0 Å². The Labute approximate surface area is 150 Å². The SMILES string of the molecule is C=CCOc1ccc(NS(=O)(=O)c2nnc(NC(=O)C(C)C)s2)cc1. The lowest BCUT2D eigenvalue weighted by molar-refractivity contribution is -0.118. The van der Waals surface area contributed by atoms with Crippen LogP contribution in [0.25, 0.3) is 0 Å². The van der Waals surface area contributed by atoms with Crippen molar-refractivity contribution in [3.05, 3.63) is 36.9 Å². The van der Waals surface area contributed by atoms with E-state index >= 15 is 0 Å². The van der Waals surface area contributed by atoms with Crippen molar-refractivity contribution >= 4 is 38.1 Å². The molecule has 0 unspecified atom stereocenters. The molecule has 25 heavy (non-hydrogen) atoms. The van der Waals surface area contributed by atoms with Gasteiger partial charge >= 0.3 is 0 Å². The maximum Gasteiger partial charge on any atom is 0.291 e. The van der Waals surface area contributed by atoms with Crippen LogP contribution in [0.5, 0.6) is 5.75 Å². The second-order valence-electron chi connectivity index (χ2n) is 5.25. The van der Waals surface area contributed by atoms with E-state index in [-0.39, 0.29) is 21.3 Å². The molecule has 0 bridgehead atoms. The number of hydrogen-bond donors (Lipinski definition) is 2. The van der Waals surface area contributed by atoms with E-state index in [0.29, 0.717) is 18.0 Å². The number of nitrogens with zero attached hydrogens (tertiary/aromatic N) is 2. The topological polar surface area (TPSA) is 110 Å². The van der Waals surface area contributed by atoms with Crippen molar-refractivity contribution in [1.29, 1.82) is 0 Å². The number of carbonyl (C=O) groups is 1. The van der Waals surface area contributed by atoms with Crippen LogP contribution in [0.2, 0.25) is 0 Å². The highest BCUT2D eigenvalue weighted by molar-refractivity contribution is 7.94. The fourth-order valence-electron chi connectivity index (χ4n) is 1.59. The number of ether oxygens (including phenoxy) is 1. The van der Waals surface area contributed by atoms with Crippen LogP contribution in [0.4, 0.5) is 10.8 Å². The monoisotopic (exact) mass is 382 g/mol. The van der Waals surface area contributed by atoms with Crippen LogP contribution in [0.15, 0.2) is 41.3 Å². The summed E-state index contributed by atoms with van der Waals surface area (Å²) in [6, 6.07) is 6.41. The van der Waals surface area contributed by atoms with Gasteiger partial charge in [-0.25, -0.2) is 0 Å². The zero-order valence-corrected chi connectivity index (χ0v) is 15.4. The molecule has 0 aliphatic heterocycles. The van der Waals surface area contributed by atoms with Crippen LogP contribution in [0, 0.1) is 5.92 Å². The highest BCUT2D eigenvalue weighted by Crippen LogP contribution is 2.24. The van der Waals surface area contributed by atoms with Gasteiger partial charge in [0, 0.05) is 11.6 Å². The first-order chi connectivity index (χ1) is 11.8. The van der Waals surface area contributed by atoms with Crippen molar-refractivity contribution < 1.29 is 17.9 Å². The minimum absolute atomic E-state index is 0.132. The van der Waals surface area contributed by atoms with Crippen LogP contribution >= 0.6 is 11.3 Å². The maximum atomic E-state index is 12.3. The number of sulfonamides is 1. The summed E-state index contributed by atoms with van der Waals surface area (Å²) < 4.78 is 32.2. The summed E-state index contributed by atoms with van der Waals surface area (Å²) >= 11 is 0.779. The largest absolute Gasteiger partial charge is 0.490 e. The van der Waals surface area contributed by atoms with Gasteiger partial charge in [0.05, 0.1) is 0 Å². The van der Waals surface area contributed by atoms with Crippen molar-refractivity contribution in [2.45, 2.75) is 18.2 Å². The first-order valence-corrected chi connectivity index (χ1v) is 9.62. The molecule has 0 fully saturated rings. The summed E-state index contributed by atoms with van der Waals surface area (Å²) in [6.07, 6.45) is 1.61. The Hall–Kier alpha value is -2.46. The molecule has 134 valence electrons. The highest BCUT2D eigenvalue weighted by atomic mass is 32.2. The van der Waals surface area contributed by atoms with E-state index in [2.05, 4.69) is 26.8 Å². The fraction of sp³-hybridized carbons (Fsp3) is 0.267. The van der Waals surface area contributed by atoms with Crippen LogP contribution in [-0.2, 0) is 14.8 Å². The molecule has 2 rings (SSSR count). The highest BCUT2D eigenvalue weighted by Gasteiger charge is 2.21. The number of benzene rings is 1. The molecule has 2 aromatic rings. The summed E-state index contributed by atoms with van der Waals surface area (Å²) in [5, 5.41) is 9.95. The van der Waals surface area contributed by atoms with Gasteiger partial charge in [0.25, 0.3) is 14.4 Å². The zero-order valence-electron chi connectivity index (χ0n) is 13.7. The molecule has 1 aromatic carbocycles. The Kier molecular flexibility index (Phi) is 6.10. The van der Waals surface area contributed by atoms with E-state index in [1.54, 1.807) is 44.2 Å². The number of carbonyl (C=O) groups excluding carboxylic acids is 1. The van der Waals surface area contributed by atoms with Crippen molar-refractivity contribution in [3.8, 4) is 5.75 Å². The van der Waals surface area contributed by atoms with Crippen molar-refractivity contribution in [1.82, 2.24) is 10.2 Å². The third kappa shape index (κ3) is 5.26. The molecule has 2 N–H and O–H groups in total. The van der Waals surface area contributed by atoms with Gasteiger partial charge in [0.15, 0.2) is 0 Å². The third-order valence-electron chi connectivity index (χ3n) is 2.87. The Morgan fingerprint density at radius 2 is 2.00 bits per heavy atom. The Bertz CT molecular complexity index is 845. The summed E-state index contributed by atoms with van der Waals surface area (Å²) in [7, 11) is -3.89. The molecule has 1 aromatic heterocycles. The maximum absolute atomic E-state index is 12.3. The number of anilines is 2. The first-order valence-electron chi connectivity index (χ1n) is 7.33. The van der Waals surface area contributed by atoms with E-state index < -0.39 is 10.0 Å². The number of nitrogens with one attached hydrogen (secondary N) is 2. The Balaban J connectivity index is 2.07. The third-order valence-corrected chi connectivity index (χ3v) is 5.45. The average molecular weight is 382 g/mol. The predicted octanol–water partition coefficient (Wildman–Crippen LogP) is 2.50. The Morgan fingerprint density at radius 3 is 2.60 bits per heavy atom. The standard InChI is InChI=1S/C15H18N4O4S2/c1-4-9-23-12-7-5-11(6-8-12)19-25(21,22)15-18-17-14(24-15)16-13(20)10(2)3/h4-8,10,19H,1,9H2,2-3H3,(H,16,17,20). The van der Waals surface area contributed by atoms with E-state index in [1.165, 1.54) is 0 Å². The second kappa shape index (κ2) is 8.08. The van der Waals surface area contributed by atoms with Crippen LogP contribution < -0.4 is 14.8 Å². The molecular formula is C15H18N4O4S2. The van der Waals surface area contributed by atoms with Gasteiger partial charge in [-0.15, -0.1) is 10.2 Å². The van der Waals surface area contributed by atoms with Gasteiger partial charge in [0.2, 0.25) is 11.0 Å². The molecule has 0 saturated carbocycles. The van der Waals surface area contributed by atoms with Gasteiger partial charge < -0.3 is 10.1 Å². The minimum atomic E-state index is -3.89. The molecule has 0 saturated heterocycles. The molecular weight excluding hydrogens is 364 g/mol. The average Bonchev–Trinajstić information content (AvgIpc) is 3.03. The number of aromatic nitrogens is 2. The van der Waals surface area contributed by atoms with Gasteiger partial charge in [-0.05, 0) is 24.3 Å². The van der Waals surface area contributed by atoms with Crippen molar-refractivity contribution in [2.24, 2.45) is 5.92 Å². The van der Waals surface area contributed by atoms with Gasteiger partial charge in [-0.3, -0.25) is 9.52 Å². The molecule has 10 heteroatoms. The lowest BCUT2D eigenvalue weighted by Crippen LogP contribution is -2.17. The van der Waals surface area contributed by atoms with Crippen LogP contribution in [0.1, 0.15) is 13.8 Å². The quantitative estimate of drug-likeness (QED) is 0.536. The first kappa shape index (κ1) is 18.9. The molecule has 0 radical (unpaired) electrons. The number of hydrogen-bond acceptors (Lipinski definition) is 7. The zero-order chi connectivity index (χ0) is 18.4. The molecule has 0 aliphatic carbocycles. The van der Waals surface area contributed by atoms with Crippen molar-refractivity contribution in [2.75, 3.05) is 16.6 Å². The van der Waals surface area contributed by atoms with E-state index in [4.69, 9.17) is 4.74 Å². The second-order valence-corrected chi connectivity index (χ2v) is 8.08. The molecule has 1 amide bonds. The van der Waals surface area contributed by atoms with Gasteiger partial charge in [-0.2, -0.15) is 8.42 Å². The van der Waals surface area contributed by atoms with E-state index in [9.17, 15) is 13.2 Å². The Morgan fingerprint density at radius 1 is 1.32 bits per heavy atom. The van der Waals surface area contributed by atoms with Gasteiger partial charge in [-0.1, -0.05) is 37.8 Å². The van der Waals surface area contributed by atoms with Crippen LogP contribution in [-0.4, -0.2) is 31.1 Å². The number of rotatable bonds is 8. The fourth-order valence-corrected chi connectivity index (χ4v) is 3.55. The summed E-state index contributed by atoms with van der Waals surface area (Å²) in [6.45, 7) is 7.35. The van der Waals surface area contributed by atoms with E-state index in [0.717, 1.165) is 11.3 Å². The summed E-state index contributed by atoms with van der Waals surface area (Å²) in [5.74, 6) is 0.0875.